The Labute approximate surface area is 226 Å². The van der Waals surface area contributed by atoms with Crippen molar-refractivity contribution in [3.05, 3.63) is 93.6 Å². The van der Waals surface area contributed by atoms with E-state index in [0.29, 0.717) is 26.9 Å². The summed E-state index contributed by atoms with van der Waals surface area (Å²) in [6, 6.07) is 22.2. The van der Waals surface area contributed by atoms with Crippen LogP contribution in [0.3, 0.4) is 0 Å². The molecule has 0 N–H and O–H groups in total. The Balaban J connectivity index is 1.51. The number of halogens is 2. The first kappa shape index (κ1) is 25.4. The van der Waals surface area contributed by atoms with E-state index in [-0.39, 0.29) is 24.3 Å². The number of rotatable bonds is 6. The van der Waals surface area contributed by atoms with E-state index in [1.54, 1.807) is 24.3 Å². The van der Waals surface area contributed by atoms with Gasteiger partial charge in [-0.05, 0) is 73.1 Å². The third-order valence-electron chi connectivity index (χ3n) is 7.54. The fourth-order valence-corrected chi connectivity index (χ4v) is 6.81. The Kier molecular flexibility index (Phi) is 7.60. The molecule has 1 aliphatic rings. The molecule has 0 bridgehead atoms. The number of hydrogen-bond donors (Lipinski definition) is 0. The third kappa shape index (κ3) is 5.28. The van der Waals surface area contributed by atoms with Crippen LogP contribution in [0.5, 0.6) is 0 Å². The van der Waals surface area contributed by atoms with E-state index in [1.165, 1.54) is 17.4 Å². The van der Waals surface area contributed by atoms with Gasteiger partial charge in [-0.3, -0.25) is 4.79 Å². The Morgan fingerprint density at radius 3 is 2.54 bits per heavy atom. The van der Waals surface area contributed by atoms with Gasteiger partial charge in [0.05, 0.1) is 16.7 Å². The van der Waals surface area contributed by atoms with Crippen molar-refractivity contribution in [1.29, 1.82) is 5.26 Å². The summed E-state index contributed by atoms with van der Waals surface area (Å²) < 4.78 is 16.1. The minimum absolute atomic E-state index is 0.0292. The van der Waals surface area contributed by atoms with E-state index in [4.69, 9.17) is 11.6 Å². The van der Waals surface area contributed by atoms with Crippen LogP contribution in [-0.4, -0.2) is 16.8 Å². The van der Waals surface area contributed by atoms with Gasteiger partial charge in [-0.1, -0.05) is 61.3 Å². The lowest BCUT2D eigenvalue weighted by molar-refractivity contribution is 0.0590. The monoisotopic (exact) mass is 530 g/mol. The van der Waals surface area contributed by atoms with Crippen LogP contribution in [0.1, 0.15) is 59.8 Å². The summed E-state index contributed by atoms with van der Waals surface area (Å²) in [4.78, 5) is 16.4. The fourth-order valence-electron chi connectivity index (χ4n) is 5.34. The number of fused-ring (bicyclic) bond motifs is 1. The molecule has 4 aromatic rings. The third-order valence-corrected chi connectivity index (χ3v) is 9.20. The molecule has 5 rings (SSSR count). The summed E-state index contributed by atoms with van der Waals surface area (Å²) in [5.41, 5.74) is 2.67. The van der Waals surface area contributed by atoms with Crippen LogP contribution in [0, 0.1) is 23.1 Å². The summed E-state index contributed by atoms with van der Waals surface area (Å²) in [6.07, 6.45) is 5.07. The maximum atomic E-state index is 15.2. The summed E-state index contributed by atoms with van der Waals surface area (Å²) in [5, 5.41) is 10.6. The van der Waals surface area contributed by atoms with Crippen molar-refractivity contribution in [3.63, 3.8) is 0 Å². The molecule has 3 aromatic carbocycles. The van der Waals surface area contributed by atoms with Crippen molar-refractivity contribution >= 4 is 38.9 Å². The van der Waals surface area contributed by atoms with Crippen LogP contribution in [0.2, 0.25) is 5.02 Å². The molecule has 0 saturated heterocycles. The van der Waals surface area contributed by atoms with Crippen molar-refractivity contribution < 1.29 is 9.18 Å². The average Bonchev–Trinajstić information content (AvgIpc) is 3.28. The second kappa shape index (κ2) is 11.0. The number of thiophene rings is 1. The lowest BCUT2D eigenvalue weighted by atomic mass is 9.83. The molecule has 0 unspecified atom stereocenters. The molecular formula is C31H28ClFN2OS. The van der Waals surface area contributed by atoms with Gasteiger partial charge in [0, 0.05) is 28.2 Å². The maximum Gasteiger partial charge on any atom is 0.266 e. The molecule has 1 fully saturated rings. The standard InChI is InChI=1S/C31H28ClFN2OS/c1-2-20-10-13-25(14-11-20)35(31(36)30-29(32)26-8-3-4-9-28(26)37-30)19-24-17-23(12-15-27(24)33)22-7-5-6-21(16-22)18-34/h3-9,12,15-17,20,25H,2,10-11,13-14,19H2,1H3/t20-,25-. The van der Waals surface area contributed by atoms with Gasteiger partial charge in [0.2, 0.25) is 0 Å². The molecule has 1 heterocycles. The molecule has 0 aliphatic heterocycles. The minimum Gasteiger partial charge on any atom is -0.330 e. The van der Waals surface area contributed by atoms with Crippen LogP contribution in [0.15, 0.2) is 66.7 Å². The highest BCUT2D eigenvalue weighted by Crippen LogP contribution is 2.38. The van der Waals surface area contributed by atoms with Gasteiger partial charge in [-0.2, -0.15) is 5.26 Å². The van der Waals surface area contributed by atoms with E-state index in [1.807, 2.05) is 41.3 Å². The molecule has 0 radical (unpaired) electrons. The van der Waals surface area contributed by atoms with Gasteiger partial charge in [0.25, 0.3) is 5.91 Å². The van der Waals surface area contributed by atoms with Crippen molar-refractivity contribution in [2.45, 2.75) is 51.6 Å². The second-order valence-corrected chi connectivity index (χ2v) is 11.2. The Morgan fingerprint density at radius 2 is 1.81 bits per heavy atom. The molecule has 37 heavy (non-hydrogen) atoms. The van der Waals surface area contributed by atoms with E-state index in [2.05, 4.69) is 13.0 Å². The maximum absolute atomic E-state index is 15.2. The quantitative estimate of drug-likeness (QED) is 0.250. The first-order valence-electron chi connectivity index (χ1n) is 12.8. The first-order chi connectivity index (χ1) is 18.0. The molecular weight excluding hydrogens is 503 g/mol. The highest BCUT2D eigenvalue weighted by atomic mass is 35.5. The van der Waals surface area contributed by atoms with Crippen molar-refractivity contribution in [2.75, 3.05) is 0 Å². The van der Waals surface area contributed by atoms with Crippen LogP contribution in [0.25, 0.3) is 21.2 Å². The van der Waals surface area contributed by atoms with Gasteiger partial charge in [0.15, 0.2) is 0 Å². The molecule has 1 aliphatic carbocycles. The zero-order valence-electron chi connectivity index (χ0n) is 20.7. The van der Waals surface area contributed by atoms with Crippen LogP contribution < -0.4 is 0 Å². The molecule has 0 atom stereocenters. The van der Waals surface area contributed by atoms with Crippen LogP contribution in [-0.2, 0) is 6.54 Å². The van der Waals surface area contributed by atoms with Gasteiger partial charge < -0.3 is 4.90 Å². The molecule has 1 saturated carbocycles. The topological polar surface area (TPSA) is 44.1 Å². The number of benzene rings is 3. The number of carbonyl (C=O) groups is 1. The Bertz CT molecular complexity index is 1480. The predicted octanol–water partition coefficient (Wildman–Crippen LogP) is 8.84. The minimum atomic E-state index is -0.345. The number of nitrogens with zero attached hydrogens (tertiary/aromatic N) is 2. The Morgan fingerprint density at radius 1 is 1.05 bits per heavy atom. The zero-order chi connectivity index (χ0) is 25.9. The molecule has 1 amide bonds. The smallest absolute Gasteiger partial charge is 0.266 e. The first-order valence-corrected chi connectivity index (χ1v) is 13.9. The number of carbonyl (C=O) groups excluding carboxylic acids is 1. The normalized spacial score (nSPS) is 17.5. The molecule has 1 aromatic heterocycles. The highest BCUT2D eigenvalue weighted by Gasteiger charge is 2.32. The van der Waals surface area contributed by atoms with E-state index >= 15 is 4.39 Å². The van der Waals surface area contributed by atoms with Crippen molar-refractivity contribution in [2.24, 2.45) is 5.92 Å². The molecule has 188 valence electrons. The highest BCUT2D eigenvalue weighted by molar-refractivity contribution is 7.21. The number of amides is 1. The SMILES string of the molecule is CC[C@H]1CC[C@H](N(Cc2cc(-c3cccc(C#N)c3)ccc2F)C(=O)c2sc3ccccc3c2Cl)CC1. The summed E-state index contributed by atoms with van der Waals surface area (Å²) in [6.45, 7) is 2.38. The second-order valence-electron chi connectivity index (χ2n) is 9.76. The van der Waals surface area contributed by atoms with E-state index < -0.39 is 0 Å². The van der Waals surface area contributed by atoms with Crippen molar-refractivity contribution in [3.8, 4) is 17.2 Å². The van der Waals surface area contributed by atoms with E-state index in [0.717, 1.165) is 53.3 Å². The number of nitriles is 1. The average molecular weight is 531 g/mol. The van der Waals surface area contributed by atoms with E-state index in [9.17, 15) is 10.1 Å². The predicted molar refractivity (Wildman–Crippen MR) is 149 cm³/mol. The Hall–Kier alpha value is -3.20. The lowest BCUT2D eigenvalue weighted by Crippen LogP contribution is -2.42. The largest absolute Gasteiger partial charge is 0.330 e. The molecule has 6 heteroatoms. The van der Waals surface area contributed by atoms with Gasteiger partial charge in [-0.15, -0.1) is 11.3 Å². The lowest BCUT2D eigenvalue weighted by Gasteiger charge is -2.37. The number of hydrogen-bond acceptors (Lipinski definition) is 3. The van der Waals surface area contributed by atoms with Gasteiger partial charge in [0.1, 0.15) is 10.7 Å². The van der Waals surface area contributed by atoms with Gasteiger partial charge in [-0.25, -0.2) is 4.39 Å². The zero-order valence-corrected chi connectivity index (χ0v) is 22.3. The molecule has 0 spiro atoms. The fraction of sp³-hybridized carbons (Fsp3) is 0.290. The summed E-state index contributed by atoms with van der Waals surface area (Å²) in [5.74, 6) is 0.193. The van der Waals surface area contributed by atoms with Crippen LogP contribution >= 0.6 is 22.9 Å². The van der Waals surface area contributed by atoms with Crippen LogP contribution in [0.4, 0.5) is 4.39 Å². The molecule has 3 nitrogen and oxygen atoms in total. The summed E-state index contributed by atoms with van der Waals surface area (Å²) >= 11 is 8.11. The summed E-state index contributed by atoms with van der Waals surface area (Å²) in [7, 11) is 0. The van der Waals surface area contributed by atoms with Gasteiger partial charge >= 0.3 is 0 Å². The van der Waals surface area contributed by atoms with Crippen molar-refractivity contribution in [1.82, 2.24) is 4.90 Å².